The van der Waals surface area contributed by atoms with Gasteiger partial charge in [-0.3, -0.25) is 19.0 Å². The van der Waals surface area contributed by atoms with Gasteiger partial charge in [0.1, 0.15) is 24.3 Å². The summed E-state index contributed by atoms with van der Waals surface area (Å²) in [5.74, 6) is -2.78. The molecule has 1 N–H and O–H groups in total. The van der Waals surface area contributed by atoms with Gasteiger partial charge in [-0.2, -0.15) is 0 Å². The van der Waals surface area contributed by atoms with E-state index in [0.717, 1.165) is 38.2 Å². The van der Waals surface area contributed by atoms with E-state index in [-0.39, 0.29) is 45.2 Å². The molecule has 0 aromatic heterocycles. The minimum atomic E-state index is -0.695. The predicted octanol–water partition coefficient (Wildman–Crippen LogP) is 5.01. The molecule has 0 spiro atoms. The molecule has 6 atom stereocenters. The molecule has 4 aliphatic rings. The van der Waals surface area contributed by atoms with E-state index in [0.29, 0.717) is 51.2 Å². The molecule has 3 aliphatic heterocycles. The summed E-state index contributed by atoms with van der Waals surface area (Å²) in [6, 6.07) is 2.61. The lowest BCUT2D eigenvalue weighted by Gasteiger charge is -2.43. The standard InChI is InChI=1S/C36H54F2N4O4/c1-8-39-32(43)30-19-25(41(33(44)31-10-9-17-46-31)24-13-15-36(5,6)16-14-24)22-42(30,7)34(45)28-21-40(35(2,3)4)20-27(28)26-12-11-23(37)18-29(26)38/h11-12,18,24-25,27-28,30-31H,8-10,13-17,19-22H2,1-7H3/p+1/t25-,27-,28+,30-,31-,42?/m0/s1. The van der Waals surface area contributed by atoms with Crippen LogP contribution in [0.4, 0.5) is 8.78 Å². The van der Waals surface area contributed by atoms with E-state index in [1.807, 2.05) is 18.9 Å². The van der Waals surface area contributed by atoms with E-state index in [1.165, 1.54) is 12.1 Å². The van der Waals surface area contributed by atoms with Crippen LogP contribution >= 0.6 is 0 Å². The van der Waals surface area contributed by atoms with Gasteiger partial charge in [0.2, 0.25) is 0 Å². The minimum absolute atomic E-state index is 0.0196. The molecule has 1 unspecified atom stereocenters. The Balaban J connectivity index is 1.51. The number of likely N-dealkylation sites (tertiary alicyclic amines) is 2. The molecule has 1 aromatic rings. The van der Waals surface area contributed by atoms with Gasteiger partial charge in [0.25, 0.3) is 11.8 Å². The van der Waals surface area contributed by atoms with Gasteiger partial charge in [-0.05, 0) is 83.3 Å². The molecule has 0 radical (unpaired) electrons. The Bertz CT molecular complexity index is 1300. The van der Waals surface area contributed by atoms with Crippen LogP contribution in [-0.2, 0) is 19.1 Å². The van der Waals surface area contributed by atoms with Crippen LogP contribution < -0.4 is 5.32 Å². The number of benzene rings is 1. The lowest BCUT2D eigenvalue weighted by molar-refractivity contribution is -0.840. The van der Waals surface area contributed by atoms with Crippen LogP contribution in [0, 0.1) is 23.0 Å². The van der Waals surface area contributed by atoms with Crippen molar-refractivity contribution >= 4 is 17.7 Å². The number of carbonyl (C=O) groups is 3. The second-order valence-electron chi connectivity index (χ2n) is 16.2. The summed E-state index contributed by atoms with van der Waals surface area (Å²) in [5, 5.41) is 2.97. The average Bonchev–Trinajstić information content (AvgIpc) is 3.73. The van der Waals surface area contributed by atoms with E-state index < -0.39 is 35.6 Å². The van der Waals surface area contributed by atoms with Gasteiger partial charge in [0, 0.05) is 56.2 Å². The van der Waals surface area contributed by atoms with E-state index in [2.05, 4.69) is 44.8 Å². The highest BCUT2D eigenvalue weighted by Gasteiger charge is 2.59. The average molecular weight is 646 g/mol. The summed E-state index contributed by atoms with van der Waals surface area (Å²) in [4.78, 5) is 47.2. The summed E-state index contributed by atoms with van der Waals surface area (Å²) in [6.45, 7) is 14.7. The summed E-state index contributed by atoms with van der Waals surface area (Å²) in [6.07, 6.45) is 5.15. The molecule has 3 saturated heterocycles. The zero-order chi connectivity index (χ0) is 33.6. The van der Waals surface area contributed by atoms with Crippen molar-refractivity contribution in [2.75, 3.05) is 39.8 Å². The predicted molar refractivity (Wildman–Crippen MR) is 173 cm³/mol. The quantitative estimate of drug-likeness (QED) is 0.423. The summed E-state index contributed by atoms with van der Waals surface area (Å²) in [7, 11) is 1.83. The fraction of sp³-hybridized carbons (Fsp3) is 0.750. The maximum absolute atomic E-state index is 15.3. The highest BCUT2D eigenvalue weighted by molar-refractivity contribution is 5.86. The number of hydrogen-bond donors (Lipinski definition) is 1. The Morgan fingerprint density at radius 3 is 2.37 bits per heavy atom. The fourth-order valence-electron chi connectivity index (χ4n) is 8.59. The largest absolute Gasteiger partial charge is 0.368 e. The second kappa shape index (κ2) is 13.2. The van der Waals surface area contributed by atoms with Crippen LogP contribution in [0.25, 0.3) is 0 Å². The maximum Gasteiger partial charge on any atom is 0.319 e. The third-order valence-corrected chi connectivity index (χ3v) is 11.4. The van der Waals surface area contributed by atoms with Crippen molar-refractivity contribution in [2.45, 2.75) is 122 Å². The Morgan fingerprint density at radius 2 is 1.78 bits per heavy atom. The third kappa shape index (κ3) is 6.90. The zero-order valence-electron chi connectivity index (χ0n) is 28.9. The SMILES string of the molecule is CCNC(=O)[C@@H]1C[C@H](N(C(=O)[C@@H]2CCCO2)C2CCC(C)(C)CC2)C[N+]1(C)C(=O)[C@@H]1CN(C(C)(C)C)C[C@H]1c1ccc(F)cc1F. The first-order valence-corrected chi connectivity index (χ1v) is 17.4. The highest BCUT2D eigenvalue weighted by atomic mass is 19.1. The van der Waals surface area contributed by atoms with Crippen molar-refractivity contribution in [2.24, 2.45) is 11.3 Å². The first-order chi connectivity index (χ1) is 21.6. The van der Waals surface area contributed by atoms with Gasteiger partial charge in [-0.25, -0.2) is 13.6 Å². The summed E-state index contributed by atoms with van der Waals surface area (Å²) in [5.41, 5.74) is 0.248. The first-order valence-electron chi connectivity index (χ1n) is 17.4. The van der Waals surface area contributed by atoms with E-state index in [9.17, 15) is 14.0 Å². The van der Waals surface area contributed by atoms with Gasteiger partial charge in [0.05, 0.1) is 19.0 Å². The molecule has 8 nitrogen and oxygen atoms in total. The second-order valence-corrected chi connectivity index (χ2v) is 16.2. The van der Waals surface area contributed by atoms with Gasteiger partial charge < -0.3 is 15.0 Å². The van der Waals surface area contributed by atoms with Crippen molar-refractivity contribution in [3.63, 3.8) is 0 Å². The smallest absolute Gasteiger partial charge is 0.319 e. The van der Waals surface area contributed by atoms with Crippen molar-refractivity contribution in [1.82, 2.24) is 15.1 Å². The van der Waals surface area contributed by atoms with Crippen molar-refractivity contribution in [1.29, 1.82) is 0 Å². The minimum Gasteiger partial charge on any atom is -0.368 e. The number of halogens is 2. The van der Waals surface area contributed by atoms with Crippen LogP contribution in [-0.4, -0.2) is 102 Å². The number of ether oxygens (including phenoxy) is 1. The van der Waals surface area contributed by atoms with Crippen LogP contribution in [0.5, 0.6) is 0 Å². The van der Waals surface area contributed by atoms with Gasteiger partial charge >= 0.3 is 5.91 Å². The lowest BCUT2D eigenvalue weighted by atomic mass is 9.75. The normalized spacial score (nSPS) is 32.1. The number of likely N-dealkylation sites (N-methyl/N-ethyl adjacent to an activating group) is 2. The van der Waals surface area contributed by atoms with Gasteiger partial charge in [-0.1, -0.05) is 19.9 Å². The molecule has 256 valence electrons. The molecule has 1 aliphatic carbocycles. The number of nitrogens with zero attached hydrogens (tertiary/aromatic N) is 3. The Labute approximate surface area is 273 Å². The number of rotatable bonds is 7. The molecular weight excluding hydrogens is 590 g/mol. The number of quaternary nitrogens is 1. The number of hydrogen-bond acceptors (Lipinski definition) is 5. The maximum atomic E-state index is 15.3. The van der Waals surface area contributed by atoms with Crippen LogP contribution in [0.1, 0.15) is 98.0 Å². The van der Waals surface area contributed by atoms with Crippen LogP contribution in [0.15, 0.2) is 18.2 Å². The fourth-order valence-corrected chi connectivity index (χ4v) is 8.59. The summed E-state index contributed by atoms with van der Waals surface area (Å²) < 4.78 is 35.0. The van der Waals surface area contributed by atoms with Crippen molar-refractivity contribution in [3.8, 4) is 0 Å². The van der Waals surface area contributed by atoms with E-state index in [1.54, 1.807) is 0 Å². The molecule has 1 aromatic carbocycles. The molecule has 0 bridgehead atoms. The molecule has 1 saturated carbocycles. The van der Waals surface area contributed by atoms with E-state index in [4.69, 9.17) is 4.74 Å². The first kappa shape index (κ1) is 34.9. The summed E-state index contributed by atoms with van der Waals surface area (Å²) >= 11 is 0. The van der Waals surface area contributed by atoms with Gasteiger partial charge in [0.15, 0.2) is 6.04 Å². The van der Waals surface area contributed by atoms with Gasteiger partial charge in [-0.15, -0.1) is 0 Å². The molecular formula is C36H55F2N4O4+. The number of nitrogens with one attached hydrogen (secondary N) is 1. The Hall–Kier alpha value is -2.43. The lowest BCUT2D eigenvalue weighted by Crippen LogP contribution is -2.61. The topological polar surface area (TPSA) is 79.0 Å². The highest BCUT2D eigenvalue weighted by Crippen LogP contribution is 2.44. The molecule has 5 rings (SSSR count). The molecule has 4 fully saturated rings. The Morgan fingerprint density at radius 1 is 1.09 bits per heavy atom. The molecule has 3 heterocycles. The van der Waals surface area contributed by atoms with E-state index >= 15 is 9.18 Å². The monoisotopic (exact) mass is 645 g/mol. The zero-order valence-corrected chi connectivity index (χ0v) is 28.9. The van der Waals surface area contributed by atoms with Crippen LogP contribution in [0.2, 0.25) is 0 Å². The number of amides is 3. The Kier molecular flexibility index (Phi) is 10.0. The van der Waals surface area contributed by atoms with Crippen molar-refractivity contribution < 1.29 is 32.4 Å². The van der Waals surface area contributed by atoms with Crippen molar-refractivity contribution in [3.05, 3.63) is 35.4 Å². The molecule has 10 heteroatoms. The molecule has 3 amide bonds. The van der Waals surface area contributed by atoms with Crippen LogP contribution in [0.3, 0.4) is 0 Å². The number of carbonyl (C=O) groups excluding carboxylic acids is 3. The molecule has 46 heavy (non-hydrogen) atoms. The third-order valence-electron chi connectivity index (χ3n) is 11.4.